The Morgan fingerprint density at radius 2 is 1.61 bits per heavy atom. The number of carbonyl (C=O) groups is 2. The highest BCUT2D eigenvalue weighted by Crippen LogP contribution is 2.25. The van der Waals surface area contributed by atoms with E-state index in [1.54, 1.807) is 24.3 Å². The lowest BCUT2D eigenvalue weighted by atomic mass is 10.3. The minimum Gasteiger partial charge on any atom is -0.493 e. The summed E-state index contributed by atoms with van der Waals surface area (Å²) >= 11 is 5.82. The molecule has 0 radical (unpaired) electrons. The van der Waals surface area contributed by atoms with Crippen molar-refractivity contribution in [3.63, 3.8) is 0 Å². The summed E-state index contributed by atoms with van der Waals surface area (Å²) in [4.78, 5) is 25.9. The van der Waals surface area contributed by atoms with E-state index in [1.165, 1.54) is 40.6 Å². The molecule has 0 atom stereocenters. The molecule has 2 aromatic carbocycles. The average molecular weight is 497 g/mol. The van der Waals surface area contributed by atoms with Gasteiger partial charge in [0.05, 0.1) is 25.0 Å². The van der Waals surface area contributed by atoms with E-state index in [-0.39, 0.29) is 50.0 Å². The Morgan fingerprint density at radius 3 is 2.24 bits per heavy atom. The van der Waals surface area contributed by atoms with Gasteiger partial charge in [0.2, 0.25) is 10.0 Å². The maximum atomic E-state index is 12.7. The van der Waals surface area contributed by atoms with E-state index >= 15 is 0 Å². The van der Waals surface area contributed by atoms with Gasteiger partial charge in [0.25, 0.3) is 5.91 Å². The fourth-order valence-electron chi connectivity index (χ4n) is 3.22. The third-order valence-corrected chi connectivity index (χ3v) is 7.20. The lowest BCUT2D eigenvalue weighted by molar-refractivity contribution is -0.152. The van der Waals surface area contributed by atoms with Crippen LogP contribution in [0.4, 0.5) is 0 Å². The molecule has 1 saturated heterocycles. The zero-order valence-electron chi connectivity index (χ0n) is 18.1. The van der Waals surface area contributed by atoms with E-state index in [9.17, 15) is 18.0 Å². The first-order valence-corrected chi connectivity index (χ1v) is 12.1. The molecule has 0 N–H and O–H groups in total. The lowest BCUT2D eigenvalue weighted by Crippen LogP contribution is -2.51. The van der Waals surface area contributed by atoms with Crippen LogP contribution in [-0.2, 0) is 24.3 Å². The minimum atomic E-state index is -3.66. The third-order valence-electron chi connectivity index (χ3n) is 5.03. The van der Waals surface area contributed by atoms with Crippen molar-refractivity contribution >= 4 is 33.5 Å². The van der Waals surface area contributed by atoms with Gasteiger partial charge in [-0.2, -0.15) is 4.31 Å². The first-order chi connectivity index (χ1) is 15.8. The number of esters is 1. The molecular weight excluding hydrogens is 472 g/mol. The standard InChI is InChI=1S/C22H25ClN2O7S/c1-30-19-4-2-3-5-20(19)31-15-10-22(27)32-16-21(26)24-11-13-25(14-12-24)33(28,29)18-8-6-17(23)7-9-18/h2-9H,10-16H2,1H3. The summed E-state index contributed by atoms with van der Waals surface area (Å²) in [6.45, 7) is 0.390. The van der Waals surface area contributed by atoms with E-state index in [0.717, 1.165) is 0 Å². The quantitative estimate of drug-likeness (QED) is 0.490. The molecule has 0 aromatic heterocycles. The maximum Gasteiger partial charge on any atom is 0.309 e. The molecule has 1 fully saturated rings. The molecule has 33 heavy (non-hydrogen) atoms. The Kier molecular flexibility index (Phi) is 8.54. The Labute approximate surface area is 197 Å². The van der Waals surface area contributed by atoms with Gasteiger partial charge in [-0.15, -0.1) is 0 Å². The summed E-state index contributed by atoms with van der Waals surface area (Å²) in [5, 5.41) is 0.449. The lowest BCUT2D eigenvalue weighted by Gasteiger charge is -2.33. The monoisotopic (exact) mass is 496 g/mol. The van der Waals surface area contributed by atoms with Gasteiger partial charge in [0.1, 0.15) is 0 Å². The van der Waals surface area contributed by atoms with Gasteiger partial charge in [-0.3, -0.25) is 9.59 Å². The van der Waals surface area contributed by atoms with Crippen LogP contribution in [0.15, 0.2) is 53.4 Å². The number of piperazine rings is 1. The number of sulfonamides is 1. The second kappa shape index (κ2) is 11.4. The first kappa shape index (κ1) is 24.8. The summed E-state index contributed by atoms with van der Waals surface area (Å²) in [7, 11) is -2.14. The molecule has 9 nitrogen and oxygen atoms in total. The maximum absolute atomic E-state index is 12.7. The van der Waals surface area contributed by atoms with Crippen molar-refractivity contribution in [2.24, 2.45) is 0 Å². The number of halogens is 1. The van der Waals surface area contributed by atoms with Crippen LogP contribution in [0, 0.1) is 0 Å². The van der Waals surface area contributed by atoms with Crippen LogP contribution in [0.5, 0.6) is 11.5 Å². The van der Waals surface area contributed by atoms with E-state index in [4.69, 9.17) is 25.8 Å². The van der Waals surface area contributed by atoms with Gasteiger partial charge in [-0.1, -0.05) is 23.7 Å². The summed E-state index contributed by atoms with van der Waals surface area (Å²) in [5.74, 6) is 0.119. The number of nitrogens with zero attached hydrogens (tertiary/aromatic N) is 2. The molecule has 11 heteroatoms. The van der Waals surface area contributed by atoms with Crippen molar-refractivity contribution in [3.05, 3.63) is 53.6 Å². The largest absolute Gasteiger partial charge is 0.493 e. The molecule has 2 aromatic rings. The summed E-state index contributed by atoms with van der Waals surface area (Å²) in [6, 6.07) is 13.0. The van der Waals surface area contributed by atoms with Crippen LogP contribution in [0.1, 0.15) is 6.42 Å². The topological polar surface area (TPSA) is 102 Å². The third kappa shape index (κ3) is 6.59. The van der Waals surface area contributed by atoms with Gasteiger partial charge in [-0.25, -0.2) is 8.42 Å². The van der Waals surface area contributed by atoms with Gasteiger partial charge in [-0.05, 0) is 36.4 Å². The van der Waals surface area contributed by atoms with Gasteiger partial charge < -0.3 is 19.1 Å². The normalized spacial score (nSPS) is 14.5. The molecule has 0 spiro atoms. The van der Waals surface area contributed by atoms with Gasteiger partial charge in [0, 0.05) is 31.2 Å². The fourth-order valence-corrected chi connectivity index (χ4v) is 4.77. The number of para-hydroxylation sites is 2. The number of rotatable bonds is 9. The molecule has 1 aliphatic heterocycles. The smallest absolute Gasteiger partial charge is 0.309 e. The zero-order chi connectivity index (χ0) is 23.8. The molecule has 178 valence electrons. The van der Waals surface area contributed by atoms with Crippen LogP contribution >= 0.6 is 11.6 Å². The Morgan fingerprint density at radius 1 is 0.970 bits per heavy atom. The average Bonchev–Trinajstić information content (AvgIpc) is 2.83. The summed E-state index contributed by atoms with van der Waals surface area (Å²) < 4.78 is 42.5. The van der Waals surface area contributed by atoms with Crippen LogP contribution in [0.3, 0.4) is 0 Å². The Bertz CT molecular complexity index is 1070. The number of amides is 1. The Hall–Kier alpha value is -2.82. The number of hydrogen-bond acceptors (Lipinski definition) is 7. The van der Waals surface area contributed by atoms with Crippen LogP contribution < -0.4 is 9.47 Å². The molecule has 0 unspecified atom stereocenters. The predicted molar refractivity (Wildman–Crippen MR) is 121 cm³/mol. The molecule has 1 aliphatic rings. The van der Waals surface area contributed by atoms with Crippen molar-refractivity contribution in [2.75, 3.05) is 46.5 Å². The van der Waals surface area contributed by atoms with Crippen molar-refractivity contribution in [1.82, 2.24) is 9.21 Å². The fraction of sp³-hybridized carbons (Fsp3) is 0.364. The van der Waals surface area contributed by atoms with Crippen LogP contribution in [-0.4, -0.2) is 76.0 Å². The summed E-state index contributed by atoms with van der Waals surface area (Å²) in [6.07, 6.45) is -0.0293. The van der Waals surface area contributed by atoms with Crippen molar-refractivity contribution in [2.45, 2.75) is 11.3 Å². The minimum absolute atomic E-state index is 0.0293. The summed E-state index contributed by atoms with van der Waals surface area (Å²) in [5.41, 5.74) is 0. The SMILES string of the molecule is COc1ccccc1OCCC(=O)OCC(=O)N1CCN(S(=O)(=O)c2ccc(Cl)cc2)CC1. The molecule has 3 rings (SSSR count). The highest BCUT2D eigenvalue weighted by atomic mass is 35.5. The first-order valence-electron chi connectivity index (χ1n) is 10.3. The van der Waals surface area contributed by atoms with E-state index in [2.05, 4.69) is 0 Å². The highest BCUT2D eigenvalue weighted by molar-refractivity contribution is 7.89. The molecular formula is C22H25ClN2O7S. The second-order valence-corrected chi connectivity index (χ2v) is 9.52. The van der Waals surface area contributed by atoms with E-state index in [0.29, 0.717) is 16.5 Å². The van der Waals surface area contributed by atoms with E-state index < -0.39 is 22.6 Å². The molecule has 1 heterocycles. The van der Waals surface area contributed by atoms with Crippen LogP contribution in [0.25, 0.3) is 0 Å². The number of benzene rings is 2. The van der Waals surface area contributed by atoms with Crippen molar-refractivity contribution in [1.29, 1.82) is 0 Å². The van der Waals surface area contributed by atoms with Crippen LogP contribution in [0.2, 0.25) is 5.02 Å². The number of carbonyl (C=O) groups excluding carboxylic acids is 2. The molecule has 1 amide bonds. The van der Waals surface area contributed by atoms with Gasteiger partial charge in [0.15, 0.2) is 18.1 Å². The highest BCUT2D eigenvalue weighted by Gasteiger charge is 2.30. The van der Waals surface area contributed by atoms with Crippen molar-refractivity contribution < 1.29 is 32.2 Å². The Balaban J connectivity index is 1.40. The molecule has 0 aliphatic carbocycles. The van der Waals surface area contributed by atoms with Crippen molar-refractivity contribution in [3.8, 4) is 11.5 Å². The molecule has 0 saturated carbocycles. The molecule has 0 bridgehead atoms. The second-order valence-electron chi connectivity index (χ2n) is 7.15. The number of hydrogen-bond donors (Lipinski definition) is 0. The number of methoxy groups -OCH3 is 1. The van der Waals surface area contributed by atoms with Gasteiger partial charge >= 0.3 is 5.97 Å². The predicted octanol–water partition coefficient (Wildman–Crippen LogP) is 2.19. The van der Waals surface area contributed by atoms with E-state index in [1.807, 2.05) is 0 Å². The zero-order valence-corrected chi connectivity index (χ0v) is 19.7. The number of ether oxygens (including phenoxy) is 3.